The number of likely N-dealkylation sites (N-methyl/N-ethyl adjacent to an activating group) is 1. The van der Waals surface area contributed by atoms with Crippen LogP contribution in [0.4, 0.5) is 5.69 Å². The van der Waals surface area contributed by atoms with Crippen molar-refractivity contribution in [3.05, 3.63) is 42.0 Å². The number of carbonyl (C=O) groups excluding carboxylic acids is 1. The van der Waals surface area contributed by atoms with Crippen molar-refractivity contribution in [2.75, 3.05) is 25.9 Å². The Hall–Kier alpha value is -2.07. The molecule has 1 aliphatic rings. The third kappa shape index (κ3) is 2.85. The number of ether oxygens (including phenoxy) is 1. The van der Waals surface area contributed by atoms with E-state index in [9.17, 15) is 4.79 Å². The van der Waals surface area contributed by atoms with E-state index in [2.05, 4.69) is 0 Å². The van der Waals surface area contributed by atoms with E-state index >= 15 is 0 Å². The van der Waals surface area contributed by atoms with E-state index < -0.39 is 0 Å². The van der Waals surface area contributed by atoms with E-state index in [1.807, 2.05) is 36.4 Å². The van der Waals surface area contributed by atoms with Crippen molar-refractivity contribution >= 4 is 22.4 Å². The topological polar surface area (TPSA) is 55.6 Å². The van der Waals surface area contributed by atoms with Crippen LogP contribution in [0.25, 0.3) is 10.8 Å². The van der Waals surface area contributed by atoms with Crippen LogP contribution in [0.5, 0.6) is 0 Å². The van der Waals surface area contributed by atoms with E-state index in [-0.39, 0.29) is 12.0 Å². The van der Waals surface area contributed by atoms with Crippen molar-refractivity contribution in [1.29, 1.82) is 0 Å². The minimum Gasteiger partial charge on any atom is -0.398 e. The number of benzene rings is 2. The van der Waals surface area contributed by atoms with E-state index in [1.165, 1.54) is 0 Å². The van der Waals surface area contributed by atoms with Crippen molar-refractivity contribution in [2.45, 2.75) is 18.9 Å². The molecule has 110 valence electrons. The second-order valence-corrected chi connectivity index (χ2v) is 5.61. The molecule has 2 N–H and O–H groups in total. The van der Waals surface area contributed by atoms with E-state index in [0.29, 0.717) is 17.8 Å². The number of rotatable bonds is 3. The number of nitrogens with two attached hydrogens (primary N) is 1. The van der Waals surface area contributed by atoms with Gasteiger partial charge in [-0.25, -0.2) is 0 Å². The van der Waals surface area contributed by atoms with Crippen molar-refractivity contribution < 1.29 is 9.53 Å². The first-order valence-corrected chi connectivity index (χ1v) is 7.30. The Morgan fingerprint density at radius 1 is 1.33 bits per heavy atom. The lowest BCUT2D eigenvalue weighted by atomic mass is 10.0. The van der Waals surface area contributed by atoms with Gasteiger partial charge in [-0.05, 0) is 35.7 Å². The highest BCUT2D eigenvalue weighted by Gasteiger charge is 2.22. The molecule has 1 amide bonds. The van der Waals surface area contributed by atoms with Crippen LogP contribution in [-0.4, -0.2) is 37.1 Å². The second kappa shape index (κ2) is 5.74. The van der Waals surface area contributed by atoms with Gasteiger partial charge in [0.1, 0.15) is 0 Å². The third-order valence-corrected chi connectivity index (χ3v) is 4.00. The van der Waals surface area contributed by atoms with Crippen molar-refractivity contribution in [3.8, 4) is 0 Å². The predicted octanol–water partition coefficient (Wildman–Crippen LogP) is 2.67. The first kappa shape index (κ1) is 13.9. The van der Waals surface area contributed by atoms with Gasteiger partial charge in [-0.2, -0.15) is 0 Å². The summed E-state index contributed by atoms with van der Waals surface area (Å²) in [5, 5.41) is 2.08. The van der Waals surface area contributed by atoms with Gasteiger partial charge in [0.25, 0.3) is 5.91 Å². The summed E-state index contributed by atoms with van der Waals surface area (Å²) in [5.41, 5.74) is 7.14. The summed E-state index contributed by atoms with van der Waals surface area (Å²) in [6.07, 6.45) is 2.25. The summed E-state index contributed by atoms with van der Waals surface area (Å²) in [4.78, 5) is 14.3. The molecule has 0 aliphatic carbocycles. The third-order valence-electron chi connectivity index (χ3n) is 4.00. The number of nitrogens with zero attached hydrogens (tertiary/aromatic N) is 1. The quantitative estimate of drug-likeness (QED) is 0.882. The summed E-state index contributed by atoms with van der Waals surface area (Å²) in [5.74, 6) is -0.0475. The predicted molar refractivity (Wildman–Crippen MR) is 84.3 cm³/mol. The summed E-state index contributed by atoms with van der Waals surface area (Å²) < 4.78 is 5.58. The Kier molecular flexibility index (Phi) is 3.80. The van der Waals surface area contributed by atoms with Crippen molar-refractivity contribution in [2.24, 2.45) is 0 Å². The minimum absolute atomic E-state index is 0.0475. The lowest BCUT2D eigenvalue weighted by Gasteiger charge is -2.21. The normalized spacial score (nSPS) is 18.0. The first-order chi connectivity index (χ1) is 10.1. The largest absolute Gasteiger partial charge is 0.398 e. The molecule has 1 aliphatic heterocycles. The van der Waals surface area contributed by atoms with Crippen LogP contribution in [0.15, 0.2) is 36.4 Å². The van der Waals surface area contributed by atoms with Gasteiger partial charge in [-0.1, -0.05) is 24.3 Å². The highest BCUT2D eigenvalue weighted by Crippen LogP contribution is 2.23. The molecule has 0 spiro atoms. The van der Waals surface area contributed by atoms with Crippen LogP contribution in [0.3, 0.4) is 0 Å². The average Bonchev–Trinajstić information content (AvgIpc) is 2.98. The van der Waals surface area contributed by atoms with Crippen molar-refractivity contribution in [1.82, 2.24) is 4.90 Å². The SMILES string of the molecule is CN(CC1CCCO1)C(=O)c1cc2ccccc2cc1N. The highest BCUT2D eigenvalue weighted by molar-refractivity contribution is 6.03. The van der Waals surface area contributed by atoms with E-state index in [0.717, 1.165) is 30.2 Å². The molecule has 2 aromatic rings. The van der Waals surface area contributed by atoms with Crippen LogP contribution >= 0.6 is 0 Å². The summed E-state index contributed by atoms with van der Waals surface area (Å²) >= 11 is 0. The molecule has 0 radical (unpaired) electrons. The molecular formula is C17H20N2O2. The van der Waals surface area contributed by atoms with Gasteiger partial charge >= 0.3 is 0 Å². The standard InChI is InChI=1S/C17H20N2O2/c1-19(11-14-7-4-8-21-14)17(20)15-9-12-5-2-3-6-13(12)10-16(15)18/h2-3,5-6,9-10,14H,4,7-8,11,18H2,1H3. The zero-order chi connectivity index (χ0) is 14.8. The minimum atomic E-state index is -0.0475. The Labute approximate surface area is 124 Å². The number of hydrogen-bond acceptors (Lipinski definition) is 3. The summed E-state index contributed by atoms with van der Waals surface area (Å²) in [6.45, 7) is 1.41. The number of nitrogen functional groups attached to an aromatic ring is 1. The summed E-state index contributed by atoms with van der Waals surface area (Å²) in [6, 6.07) is 11.7. The van der Waals surface area contributed by atoms with Crippen LogP contribution in [0.2, 0.25) is 0 Å². The number of anilines is 1. The van der Waals surface area contributed by atoms with Gasteiger partial charge in [-0.15, -0.1) is 0 Å². The zero-order valence-corrected chi connectivity index (χ0v) is 12.2. The lowest BCUT2D eigenvalue weighted by Crippen LogP contribution is -2.34. The Morgan fingerprint density at radius 3 is 2.71 bits per heavy atom. The van der Waals surface area contributed by atoms with Gasteiger partial charge in [0.05, 0.1) is 11.7 Å². The Balaban J connectivity index is 1.84. The van der Waals surface area contributed by atoms with Crippen LogP contribution in [-0.2, 0) is 4.74 Å². The van der Waals surface area contributed by atoms with Crippen LogP contribution in [0, 0.1) is 0 Å². The molecule has 3 rings (SSSR count). The second-order valence-electron chi connectivity index (χ2n) is 5.61. The zero-order valence-electron chi connectivity index (χ0n) is 12.2. The van der Waals surface area contributed by atoms with Gasteiger partial charge in [-0.3, -0.25) is 4.79 Å². The summed E-state index contributed by atoms with van der Waals surface area (Å²) in [7, 11) is 1.80. The maximum absolute atomic E-state index is 12.6. The Morgan fingerprint density at radius 2 is 2.05 bits per heavy atom. The maximum atomic E-state index is 12.6. The number of carbonyl (C=O) groups is 1. The number of hydrogen-bond donors (Lipinski definition) is 1. The molecule has 4 nitrogen and oxygen atoms in total. The van der Waals surface area contributed by atoms with Gasteiger partial charge in [0, 0.05) is 25.9 Å². The smallest absolute Gasteiger partial charge is 0.255 e. The molecule has 2 aromatic carbocycles. The fraction of sp³-hybridized carbons (Fsp3) is 0.353. The van der Waals surface area contributed by atoms with E-state index in [4.69, 9.17) is 10.5 Å². The molecular weight excluding hydrogens is 264 g/mol. The molecule has 1 heterocycles. The molecule has 0 saturated carbocycles. The maximum Gasteiger partial charge on any atom is 0.255 e. The lowest BCUT2D eigenvalue weighted by molar-refractivity contribution is 0.0588. The molecule has 1 atom stereocenters. The molecule has 0 bridgehead atoms. The molecule has 1 saturated heterocycles. The van der Waals surface area contributed by atoms with Gasteiger partial charge in [0.15, 0.2) is 0 Å². The average molecular weight is 284 g/mol. The fourth-order valence-corrected chi connectivity index (χ4v) is 2.83. The fourth-order valence-electron chi connectivity index (χ4n) is 2.83. The molecule has 1 unspecified atom stereocenters. The van der Waals surface area contributed by atoms with E-state index in [1.54, 1.807) is 11.9 Å². The molecule has 21 heavy (non-hydrogen) atoms. The van der Waals surface area contributed by atoms with Crippen molar-refractivity contribution in [3.63, 3.8) is 0 Å². The number of amides is 1. The molecule has 4 heteroatoms. The molecule has 0 aromatic heterocycles. The monoisotopic (exact) mass is 284 g/mol. The van der Waals surface area contributed by atoms with Gasteiger partial charge < -0.3 is 15.4 Å². The van der Waals surface area contributed by atoms with Gasteiger partial charge in [0.2, 0.25) is 0 Å². The highest BCUT2D eigenvalue weighted by atomic mass is 16.5. The number of fused-ring (bicyclic) bond motifs is 1. The first-order valence-electron chi connectivity index (χ1n) is 7.30. The molecule has 1 fully saturated rings. The van der Waals surface area contributed by atoms with Crippen LogP contribution < -0.4 is 5.73 Å². The van der Waals surface area contributed by atoms with Crippen LogP contribution in [0.1, 0.15) is 23.2 Å². The Bertz CT molecular complexity index is 663.